The molecule has 2 aromatic carbocycles. The fraction of sp³-hybridized carbons (Fsp3) is 0.273. The summed E-state index contributed by atoms with van der Waals surface area (Å²) in [6.45, 7) is 3.95. The van der Waals surface area contributed by atoms with E-state index in [0.717, 1.165) is 47.3 Å². The number of fused-ring (bicyclic) bond motifs is 1. The molecule has 0 atom stereocenters. The molecule has 0 bridgehead atoms. The molecule has 1 aliphatic heterocycles. The van der Waals surface area contributed by atoms with Gasteiger partial charge in [-0.15, -0.1) is 0 Å². The average Bonchev–Trinajstić information content (AvgIpc) is 2.67. The molecule has 138 valence electrons. The Bertz CT molecular complexity index is 996. The zero-order valence-electron chi connectivity index (χ0n) is 15.2. The number of hydrogen-bond donors (Lipinski definition) is 1. The summed E-state index contributed by atoms with van der Waals surface area (Å²) < 4.78 is 0.852. The topological polar surface area (TPSA) is 53.4 Å². The van der Waals surface area contributed by atoms with Gasteiger partial charge in [-0.3, -0.25) is 0 Å². The third-order valence-corrected chi connectivity index (χ3v) is 5.78. The van der Waals surface area contributed by atoms with Crippen molar-refractivity contribution in [2.45, 2.75) is 19.8 Å². The summed E-state index contributed by atoms with van der Waals surface area (Å²) in [4.78, 5) is 19.5. The summed E-state index contributed by atoms with van der Waals surface area (Å²) in [5, 5.41) is 10.8. The molecule has 0 radical (unpaired) electrons. The molecule has 0 amide bonds. The number of piperidine rings is 1. The molecule has 2 heterocycles. The molecule has 1 aliphatic rings. The van der Waals surface area contributed by atoms with E-state index in [1.807, 2.05) is 48.5 Å². The van der Waals surface area contributed by atoms with E-state index < -0.39 is 5.97 Å². The van der Waals surface area contributed by atoms with Gasteiger partial charge in [0.25, 0.3) is 0 Å². The standard InChI is InChI=1S/C22H21BrN2O2/c1-14-9-11-25(12-10-14)21-19(22(26)27)17-13-16(23)7-8-18(17)24-20(21)15-5-3-2-4-6-15/h2-8,13-14H,9-12H2,1H3,(H,26,27). The van der Waals surface area contributed by atoms with Crippen molar-refractivity contribution in [3.8, 4) is 11.3 Å². The Hall–Kier alpha value is -2.40. The predicted molar refractivity (Wildman–Crippen MR) is 112 cm³/mol. The lowest BCUT2D eigenvalue weighted by atomic mass is 9.95. The molecular formula is C22H21BrN2O2. The molecule has 1 N–H and O–H groups in total. The van der Waals surface area contributed by atoms with E-state index in [0.29, 0.717) is 22.4 Å². The minimum Gasteiger partial charge on any atom is -0.478 e. The molecule has 0 saturated carbocycles. The van der Waals surface area contributed by atoms with Crippen LogP contribution in [0.5, 0.6) is 0 Å². The van der Waals surface area contributed by atoms with Crippen molar-refractivity contribution in [2.75, 3.05) is 18.0 Å². The maximum Gasteiger partial charge on any atom is 0.338 e. The van der Waals surface area contributed by atoms with Crippen molar-refractivity contribution < 1.29 is 9.90 Å². The van der Waals surface area contributed by atoms with Crippen LogP contribution in [-0.2, 0) is 0 Å². The number of aromatic nitrogens is 1. The highest BCUT2D eigenvalue weighted by Gasteiger charge is 2.27. The Kier molecular flexibility index (Phi) is 4.87. The maximum absolute atomic E-state index is 12.4. The van der Waals surface area contributed by atoms with E-state index in [4.69, 9.17) is 4.98 Å². The van der Waals surface area contributed by atoms with Gasteiger partial charge < -0.3 is 10.0 Å². The Morgan fingerprint density at radius 2 is 1.85 bits per heavy atom. The van der Waals surface area contributed by atoms with Gasteiger partial charge in [0.1, 0.15) is 0 Å². The minimum atomic E-state index is -0.911. The monoisotopic (exact) mass is 424 g/mol. The van der Waals surface area contributed by atoms with Gasteiger partial charge in [-0.25, -0.2) is 9.78 Å². The second kappa shape index (κ2) is 7.31. The molecule has 1 saturated heterocycles. The number of rotatable bonds is 3. The van der Waals surface area contributed by atoms with Crippen LogP contribution in [0.2, 0.25) is 0 Å². The van der Waals surface area contributed by atoms with Crippen molar-refractivity contribution in [1.82, 2.24) is 4.98 Å². The molecule has 4 nitrogen and oxygen atoms in total. The number of carboxylic acid groups (broad SMARTS) is 1. The summed E-state index contributed by atoms with van der Waals surface area (Å²) in [6.07, 6.45) is 2.12. The number of hydrogen-bond acceptors (Lipinski definition) is 3. The number of pyridine rings is 1. The summed E-state index contributed by atoms with van der Waals surface area (Å²) in [5.74, 6) is -0.247. The largest absolute Gasteiger partial charge is 0.478 e. The second-order valence-corrected chi connectivity index (χ2v) is 8.10. The highest BCUT2D eigenvalue weighted by molar-refractivity contribution is 9.10. The summed E-state index contributed by atoms with van der Waals surface area (Å²) in [7, 11) is 0. The van der Waals surface area contributed by atoms with E-state index in [-0.39, 0.29) is 0 Å². The Balaban J connectivity index is 2.03. The summed E-state index contributed by atoms with van der Waals surface area (Å²) in [5.41, 5.74) is 3.47. The van der Waals surface area contributed by atoms with Gasteiger partial charge in [0.15, 0.2) is 0 Å². The Labute approximate surface area is 167 Å². The fourth-order valence-electron chi connectivity index (χ4n) is 3.78. The van der Waals surface area contributed by atoms with Crippen LogP contribution in [0.4, 0.5) is 5.69 Å². The van der Waals surface area contributed by atoms with Gasteiger partial charge >= 0.3 is 5.97 Å². The lowest BCUT2D eigenvalue weighted by Gasteiger charge is -2.34. The first-order chi connectivity index (χ1) is 13.0. The number of benzene rings is 2. The molecule has 3 aromatic rings. The summed E-state index contributed by atoms with van der Waals surface area (Å²) >= 11 is 3.47. The van der Waals surface area contributed by atoms with E-state index in [9.17, 15) is 9.90 Å². The van der Waals surface area contributed by atoms with Crippen LogP contribution >= 0.6 is 15.9 Å². The van der Waals surface area contributed by atoms with Gasteiger partial charge in [0, 0.05) is 28.5 Å². The van der Waals surface area contributed by atoms with Crippen molar-refractivity contribution >= 4 is 38.5 Å². The third kappa shape index (κ3) is 3.44. The van der Waals surface area contributed by atoms with Crippen molar-refractivity contribution in [3.63, 3.8) is 0 Å². The van der Waals surface area contributed by atoms with E-state index >= 15 is 0 Å². The number of aromatic carboxylic acids is 1. The molecule has 27 heavy (non-hydrogen) atoms. The molecule has 1 aromatic heterocycles. The Morgan fingerprint density at radius 3 is 2.52 bits per heavy atom. The average molecular weight is 425 g/mol. The van der Waals surface area contributed by atoms with E-state index in [2.05, 4.69) is 27.8 Å². The third-order valence-electron chi connectivity index (χ3n) is 5.28. The van der Waals surface area contributed by atoms with Crippen LogP contribution in [0.1, 0.15) is 30.1 Å². The highest BCUT2D eigenvalue weighted by Crippen LogP contribution is 2.39. The van der Waals surface area contributed by atoms with Crippen LogP contribution in [0.15, 0.2) is 53.0 Å². The Morgan fingerprint density at radius 1 is 1.15 bits per heavy atom. The minimum absolute atomic E-state index is 0.342. The highest BCUT2D eigenvalue weighted by atomic mass is 79.9. The predicted octanol–water partition coefficient (Wildman–Crippen LogP) is 5.60. The van der Waals surface area contributed by atoms with Crippen molar-refractivity contribution in [1.29, 1.82) is 0 Å². The van der Waals surface area contributed by atoms with Crippen molar-refractivity contribution in [3.05, 3.63) is 58.6 Å². The van der Waals surface area contributed by atoms with Crippen molar-refractivity contribution in [2.24, 2.45) is 5.92 Å². The normalized spacial score (nSPS) is 15.3. The SMILES string of the molecule is CC1CCN(c2c(-c3ccccc3)nc3ccc(Br)cc3c2C(=O)O)CC1. The van der Waals surface area contributed by atoms with Crippen LogP contribution < -0.4 is 4.90 Å². The first-order valence-electron chi connectivity index (χ1n) is 9.21. The first-order valence-corrected chi connectivity index (χ1v) is 10.0. The smallest absolute Gasteiger partial charge is 0.338 e. The van der Waals surface area contributed by atoms with Crippen LogP contribution in [0, 0.1) is 5.92 Å². The van der Waals surface area contributed by atoms with Crippen LogP contribution in [0.3, 0.4) is 0 Å². The quantitative estimate of drug-likeness (QED) is 0.594. The molecule has 4 rings (SSSR count). The van der Waals surface area contributed by atoms with Gasteiger partial charge in [0.2, 0.25) is 0 Å². The van der Waals surface area contributed by atoms with Gasteiger partial charge in [-0.1, -0.05) is 53.2 Å². The molecular weight excluding hydrogens is 404 g/mol. The lowest BCUT2D eigenvalue weighted by Crippen LogP contribution is -2.34. The number of halogens is 1. The number of nitrogens with zero attached hydrogens (tertiary/aromatic N) is 2. The molecule has 0 aliphatic carbocycles. The number of carboxylic acids is 1. The van der Waals surface area contributed by atoms with Crippen LogP contribution in [0.25, 0.3) is 22.2 Å². The zero-order chi connectivity index (χ0) is 19.0. The van der Waals surface area contributed by atoms with E-state index in [1.54, 1.807) is 0 Å². The van der Waals surface area contributed by atoms with Gasteiger partial charge in [-0.05, 0) is 37.0 Å². The number of anilines is 1. The molecule has 5 heteroatoms. The molecule has 1 fully saturated rings. The maximum atomic E-state index is 12.4. The van der Waals surface area contributed by atoms with E-state index in [1.165, 1.54) is 0 Å². The fourth-order valence-corrected chi connectivity index (χ4v) is 4.14. The lowest BCUT2D eigenvalue weighted by molar-refractivity contribution is 0.0699. The second-order valence-electron chi connectivity index (χ2n) is 7.19. The van der Waals surface area contributed by atoms with Gasteiger partial charge in [-0.2, -0.15) is 0 Å². The molecule has 0 spiro atoms. The molecule has 0 unspecified atom stereocenters. The van der Waals surface area contributed by atoms with Crippen LogP contribution in [-0.4, -0.2) is 29.1 Å². The van der Waals surface area contributed by atoms with Gasteiger partial charge in [0.05, 0.1) is 22.5 Å². The summed E-state index contributed by atoms with van der Waals surface area (Å²) in [6, 6.07) is 15.5. The number of carbonyl (C=O) groups is 1. The first kappa shape index (κ1) is 18.0. The zero-order valence-corrected chi connectivity index (χ0v) is 16.7.